The number of alkyl halides is 3. The molecular weight excluding hydrogens is 273 g/mol. The molecule has 2 aromatic heterocycles. The Morgan fingerprint density at radius 1 is 1.45 bits per heavy atom. The monoisotopic (exact) mass is 286 g/mol. The van der Waals surface area contributed by atoms with Gasteiger partial charge in [-0.15, -0.1) is 0 Å². The minimum absolute atomic E-state index is 0.215. The maximum atomic E-state index is 12.8. The summed E-state index contributed by atoms with van der Waals surface area (Å²) < 4.78 is 43.5. The number of aryl methyl sites for hydroxylation is 1. The Balaban J connectivity index is 1.79. The zero-order valence-corrected chi connectivity index (χ0v) is 10.8. The SMILES string of the molecule is Cc1cc(CN2CCc3[nH]nc(C(F)(F)F)c3C2)no1. The first-order valence-electron chi connectivity index (χ1n) is 6.21. The van der Waals surface area contributed by atoms with Gasteiger partial charge in [0.25, 0.3) is 0 Å². The molecule has 20 heavy (non-hydrogen) atoms. The van der Waals surface area contributed by atoms with E-state index in [9.17, 15) is 13.2 Å². The van der Waals surface area contributed by atoms with Gasteiger partial charge in [0.1, 0.15) is 5.76 Å². The Labute approximate surface area is 112 Å². The predicted octanol–water partition coefficient (Wildman–Crippen LogP) is 2.28. The summed E-state index contributed by atoms with van der Waals surface area (Å²) in [4.78, 5) is 1.91. The molecule has 108 valence electrons. The van der Waals surface area contributed by atoms with E-state index in [2.05, 4.69) is 15.4 Å². The van der Waals surface area contributed by atoms with Gasteiger partial charge >= 0.3 is 6.18 Å². The van der Waals surface area contributed by atoms with Crippen LogP contribution in [0.3, 0.4) is 0 Å². The van der Waals surface area contributed by atoms with Crippen LogP contribution in [0.15, 0.2) is 10.6 Å². The molecule has 2 aromatic rings. The molecule has 0 bridgehead atoms. The Morgan fingerprint density at radius 3 is 2.90 bits per heavy atom. The van der Waals surface area contributed by atoms with E-state index in [1.807, 2.05) is 4.90 Å². The number of aromatic amines is 1. The highest BCUT2D eigenvalue weighted by Crippen LogP contribution is 2.34. The second kappa shape index (κ2) is 4.62. The number of nitrogens with one attached hydrogen (secondary N) is 1. The van der Waals surface area contributed by atoms with E-state index in [1.165, 1.54) is 0 Å². The molecule has 3 heterocycles. The van der Waals surface area contributed by atoms with Gasteiger partial charge in [0, 0.05) is 43.4 Å². The maximum Gasteiger partial charge on any atom is 0.435 e. The van der Waals surface area contributed by atoms with Crippen LogP contribution in [0.25, 0.3) is 0 Å². The van der Waals surface area contributed by atoms with Crippen LogP contribution in [-0.2, 0) is 25.7 Å². The lowest BCUT2D eigenvalue weighted by Gasteiger charge is -2.26. The lowest BCUT2D eigenvalue weighted by atomic mass is 10.0. The van der Waals surface area contributed by atoms with E-state index in [0.29, 0.717) is 31.0 Å². The molecule has 0 fully saturated rings. The van der Waals surface area contributed by atoms with Crippen LogP contribution in [0, 0.1) is 6.92 Å². The predicted molar refractivity (Wildman–Crippen MR) is 62.6 cm³/mol. The van der Waals surface area contributed by atoms with E-state index in [1.54, 1.807) is 13.0 Å². The van der Waals surface area contributed by atoms with Crippen LogP contribution in [0.5, 0.6) is 0 Å². The van der Waals surface area contributed by atoms with Crippen molar-refractivity contribution in [3.8, 4) is 0 Å². The van der Waals surface area contributed by atoms with Gasteiger partial charge in [-0.25, -0.2) is 0 Å². The molecule has 1 N–H and O–H groups in total. The molecule has 0 saturated carbocycles. The van der Waals surface area contributed by atoms with Gasteiger partial charge in [0.15, 0.2) is 5.69 Å². The molecule has 8 heteroatoms. The highest BCUT2D eigenvalue weighted by Gasteiger charge is 2.39. The van der Waals surface area contributed by atoms with Gasteiger partial charge in [0.05, 0.1) is 5.69 Å². The fourth-order valence-corrected chi connectivity index (χ4v) is 2.44. The van der Waals surface area contributed by atoms with Crippen molar-refractivity contribution in [3.05, 3.63) is 34.5 Å². The molecule has 1 aliphatic heterocycles. The van der Waals surface area contributed by atoms with E-state index in [-0.39, 0.29) is 12.1 Å². The standard InChI is InChI=1S/C12H13F3N4O/c1-7-4-8(18-20-7)5-19-3-2-10-9(6-19)11(17-16-10)12(13,14)15/h4H,2-3,5-6H2,1H3,(H,16,17). The molecule has 0 saturated heterocycles. The molecule has 0 atom stereocenters. The zero-order chi connectivity index (χ0) is 14.3. The van der Waals surface area contributed by atoms with Crippen molar-refractivity contribution >= 4 is 0 Å². The summed E-state index contributed by atoms with van der Waals surface area (Å²) in [6.45, 7) is 3.13. The normalized spacial score (nSPS) is 16.4. The molecule has 0 spiro atoms. The van der Waals surface area contributed by atoms with Crippen LogP contribution >= 0.6 is 0 Å². The summed E-state index contributed by atoms with van der Waals surface area (Å²) in [6.07, 6.45) is -3.90. The van der Waals surface area contributed by atoms with Crippen molar-refractivity contribution in [1.82, 2.24) is 20.3 Å². The first kappa shape index (κ1) is 13.2. The average molecular weight is 286 g/mol. The van der Waals surface area contributed by atoms with Gasteiger partial charge in [-0.3, -0.25) is 10.00 Å². The molecule has 0 amide bonds. The second-order valence-corrected chi connectivity index (χ2v) is 4.92. The highest BCUT2D eigenvalue weighted by atomic mass is 19.4. The molecule has 0 unspecified atom stereocenters. The van der Waals surface area contributed by atoms with Gasteiger partial charge in [-0.2, -0.15) is 18.3 Å². The minimum atomic E-state index is -4.42. The summed E-state index contributed by atoms with van der Waals surface area (Å²) >= 11 is 0. The third kappa shape index (κ3) is 2.43. The van der Waals surface area contributed by atoms with Gasteiger partial charge in [0.2, 0.25) is 0 Å². The quantitative estimate of drug-likeness (QED) is 0.920. The first-order valence-corrected chi connectivity index (χ1v) is 6.21. The van der Waals surface area contributed by atoms with Crippen molar-refractivity contribution in [2.45, 2.75) is 32.6 Å². The van der Waals surface area contributed by atoms with Gasteiger partial charge in [-0.05, 0) is 6.92 Å². The Bertz CT molecular complexity index is 616. The smallest absolute Gasteiger partial charge is 0.361 e. The summed E-state index contributed by atoms with van der Waals surface area (Å²) in [6, 6.07) is 1.79. The maximum absolute atomic E-state index is 12.8. The Kier molecular flexibility index (Phi) is 3.04. The van der Waals surface area contributed by atoms with Gasteiger partial charge in [-0.1, -0.05) is 5.16 Å². The lowest BCUT2D eigenvalue weighted by Crippen LogP contribution is -2.31. The van der Waals surface area contributed by atoms with Crippen LogP contribution in [-0.4, -0.2) is 26.8 Å². The van der Waals surface area contributed by atoms with Crippen molar-refractivity contribution < 1.29 is 17.7 Å². The van der Waals surface area contributed by atoms with Crippen LogP contribution in [0.4, 0.5) is 13.2 Å². The average Bonchev–Trinajstić information content (AvgIpc) is 2.94. The van der Waals surface area contributed by atoms with Crippen molar-refractivity contribution in [3.63, 3.8) is 0 Å². The molecular formula is C12H13F3N4O. The zero-order valence-electron chi connectivity index (χ0n) is 10.8. The fourth-order valence-electron chi connectivity index (χ4n) is 2.44. The number of nitrogens with zero attached hydrogens (tertiary/aromatic N) is 3. The number of H-pyrrole nitrogens is 1. The molecule has 3 rings (SSSR count). The molecule has 0 aliphatic carbocycles. The minimum Gasteiger partial charge on any atom is -0.361 e. The number of fused-ring (bicyclic) bond motifs is 1. The second-order valence-electron chi connectivity index (χ2n) is 4.92. The van der Waals surface area contributed by atoms with Crippen molar-refractivity contribution in [1.29, 1.82) is 0 Å². The molecule has 0 radical (unpaired) electrons. The molecule has 0 aromatic carbocycles. The van der Waals surface area contributed by atoms with E-state index < -0.39 is 11.9 Å². The molecule has 1 aliphatic rings. The van der Waals surface area contributed by atoms with Crippen LogP contribution in [0.2, 0.25) is 0 Å². The largest absolute Gasteiger partial charge is 0.435 e. The highest BCUT2D eigenvalue weighted by molar-refractivity contribution is 5.29. The van der Waals surface area contributed by atoms with E-state index in [0.717, 1.165) is 5.69 Å². The van der Waals surface area contributed by atoms with Crippen molar-refractivity contribution in [2.75, 3.05) is 6.54 Å². The topological polar surface area (TPSA) is 58.0 Å². The van der Waals surface area contributed by atoms with Crippen molar-refractivity contribution in [2.24, 2.45) is 0 Å². The molecule has 5 nitrogen and oxygen atoms in total. The number of hydrogen-bond donors (Lipinski definition) is 1. The number of halogens is 3. The third-order valence-electron chi connectivity index (χ3n) is 3.34. The van der Waals surface area contributed by atoms with Crippen LogP contribution in [0.1, 0.15) is 28.4 Å². The third-order valence-corrected chi connectivity index (χ3v) is 3.34. The summed E-state index contributed by atoms with van der Waals surface area (Å²) in [7, 11) is 0. The van der Waals surface area contributed by atoms with E-state index >= 15 is 0 Å². The number of rotatable bonds is 2. The first-order chi connectivity index (χ1) is 9.43. The summed E-state index contributed by atoms with van der Waals surface area (Å²) in [5.74, 6) is 0.692. The lowest BCUT2D eigenvalue weighted by molar-refractivity contribution is -0.142. The van der Waals surface area contributed by atoms with Gasteiger partial charge < -0.3 is 4.52 Å². The Hall–Kier alpha value is -1.83. The van der Waals surface area contributed by atoms with Crippen LogP contribution < -0.4 is 0 Å². The fraction of sp³-hybridized carbons (Fsp3) is 0.500. The number of hydrogen-bond acceptors (Lipinski definition) is 4. The van der Waals surface area contributed by atoms with E-state index in [4.69, 9.17) is 4.52 Å². The Morgan fingerprint density at radius 2 is 2.25 bits per heavy atom. The summed E-state index contributed by atoms with van der Waals surface area (Å²) in [5.41, 5.74) is 0.727. The number of aromatic nitrogens is 3. The summed E-state index contributed by atoms with van der Waals surface area (Å²) in [5, 5.41) is 9.76.